The summed E-state index contributed by atoms with van der Waals surface area (Å²) in [7, 11) is 0. The van der Waals surface area contributed by atoms with Crippen LogP contribution in [0.3, 0.4) is 0 Å². The molecule has 0 saturated heterocycles. The molecule has 1 nitrogen and oxygen atoms in total. The van der Waals surface area contributed by atoms with Crippen molar-refractivity contribution in [1.82, 2.24) is 5.32 Å². The van der Waals surface area contributed by atoms with Crippen LogP contribution in [-0.2, 0) is 0 Å². The van der Waals surface area contributed by atoms with Gasteiger partial charge in [-0.25, -0.2) is 0 Å². The van der Waals surface area contributed by atoms with Crippen molar-refractivity contribution in [3.63, 3.8) is 0 Å². The summed E-state index contributed by atoms with van der Waals surface area (Å²) in [5.41, 5.74) is 2.99. The van der Waals surface area contributed by atoms with Gasteiger partial charge in [-0.15, -0.1) is 0 Å². The van der Waals surface area contributed by atoms with Crippen LogP contribution in [0.5, 0.6) is 0 Å². The molecule has 1 aromatic rings. The van der Waals surface area contributed by atoms with E-state index in [-0.39, 0.29) is 0 Å². The van der Waals surface area contributed by atoms with Crippen molar-refractivity contribution in [2.24, 2.45) is 0 Å². The zero-order valence-electron chi connectivity index (χ0n) is 11.7. The van der Waals surface area contributed by atoms with E-state index >= 15 is 0 Å². The number of hydrogen-bond donors (Lipinski definition) is 1. The number of rotatable bonds is 4. The second-order valence-electron chi connectivity index (χ2n) is 5.54. The van der Waals surface area contributed by atoms with Crippen molar-refractivity contribution in [2.45, 2.75) is 58.0 Å². The van der Waals surface area contributed by atoms with Crippen LogP contribution in [0, 0.1) is 0 Å². The monoisotopic (exact) mass is 243 g/mol. The average Bonchev–Trinajstić information content (AvgIpc) is 2.65. The molecule has 1 aromatic carbocycles. The van der Waals surface area contributed by atoms with E-state index in [1.165, 1.54) is 37.7 Å². The van der Waals surface area contributed by atoms with Gasteiger partial charge in [-0.3, -0.25) is 0 Å². The van der Waals surface area contributed by atoms with Crippen LogP contribution in [0.2, 0.25) is 0 Å². The molecule has 0 heterocycles. The SMILES string of the molecule is CC(C)NC(C1=CCCCCC1)c1ccccc1. The highest BCUT2D eigenvalue weighted by molar-refractivity contribution is 5.28. The predicted molar refractivity (Wildman–Crippen MR) is 78.6 cm³/mol. The van der Waals surface area contributed by atoms with Gasteiger partial charge in [0.15, 0.2) is 0 Å². The van der Waals surface area contributed by atoms with Crippen LogP contribution < -0.4 is 5.32 Å². The lowest BCUT2D eigenvalue weighted by Crippen LogP contribution is -2.29. The van der Waals surface area contributed by atoms with Crippen molar-refractivity contribution < 1.29 is 0 Å². The highest BCUT2D eigenvalue weighted by Crippen LogP contribution is 2.29. The van der Waals surface area contributed by atoms with Crippen molar-refractivity contribution in [3.05, 3.63) is 47.5 Å². The van der Waals surface area contributed by atoms with Gasteiger partial charge in [0, 0.05) is 6.04 Å². The Kier molecular flexibility index (Phi) is 5.00. The number of nitrogens with one attached hydrogen (secondary N) is 1. The van der Waals surface area contributed by atoms with Gasteiger partial charge < -0.3 is 5.32 Å². The first-order valence-electron chi connectivity index (χ1n) is 7.27. The lowest BCUT2D eigenvalue weighted by atomic mass is 9.94. The molecule has 0 fully saturated rings. The molecular weight excluding hydrogens is 218 g/mol. The highest BCUT2D eigenvalue weighted by atomic mass is 14.9. The Labute approximate surface area is 111 Å². The van der Waals surface area contributed by atoms with E-state index in [1.807, 2.05) is 0 Å². The van der Waals surface area contributed by atoms with E-state index in [2.05, 4.69) is 55.6 Å². The van der Waals surface area contributed by atoms with E-state index in [1.54, 1.807) is 5.57 Å². The summed E-state index contributed by atoms with van der Waals surface area (Å²) in [5, 5.41) is 3.73. The third-order valence-corrected chi connectivity index (χ3v) is 3.58. The maximum atomic E-state index is 3.73. The van der Waals surface area contributed by atoms with E-state index in [4.69, 9.17) is 0 Å². The van der Waals surface area contributed by atoms with Gasteiger partial charge in [-0.05, 0) is 45.1 Å². The molecular formula is C17H25N. The summed E-state index contributed by atoms with van der Waals surface area (Å²) >= 11 is 0. The van der Waals surface area contributed by atoms with Crippen LogP contribution >= 0.6 is 0 Å². The summed E-state index contributed by atoms with van der Waals surface area (Å²) < 4.78 is 0. The van der Waals surface area contributed by atoms with Crippen molar-refractivity contribution in [2.75, 3.05) is 0 Å². The summed E-state index contributed by atoms with van der Waals surface area (Å²) in [4.78, 5) is 0. The minimum absolute atomic E-state index is 0.407. The predicted octanol–water partition coefficient (Wildman–Crippen LogP) is 4.62. The van der Waals surface area contributed by atoms with Crippen LogP contribution in [-0.4, -0.2) is 6.04 Å². The van der Waals surface area contributed by atoms with E-state index < -0.39 is 0 Å². The second-order valence-corrected chi connectivity index (χ2v) is 5.54. The molecule has 1 N–H and O–H groups in total. The van der Waals surface area contributed by atoms with Crippen molar-refractivity contribution >= 4 is 0 Å². The quantitative estimate of drug-likeness (QED) is 0.761. The Balaban J connectivity index is 2.21. The van der Waals surface area contributed by atoms with Crippen LogP contribution in [0.15, 0.2) is 42.0 Å². The van der Waals surface area contributed by atoms with Gasteiger partial charge in [-0.1, -0.05) is 48.4 Å². The number of benzene rings is 1. The number of hydrogen-bond acceptors (Lipinski definition) is 1. The number of allylic oxidation sites excluding steroid dienone is 1. The Hall–Kier alpha value is -1.08. The summed E-state index contributed by atoms with van der Waals surface area (Å²) in [6, 6.07) is 11.8. The van der Waals surface area contributed by atoms with Gasteiger partial charge >= 0.3 is 0 Å². The third-order valence-electron chi connectivity index (χ3n) is 3.58. The van der Waals surface area contributed by atoms with Crippen molar-refractivity contribution in [1.29, 1.82) is 0 Å². The minimum Gasteiger partial charge on any atom is -0.304 e. The first-order chi connectivity index (χ1) is 8.77. The zero-order valence-corrected chi connectivity index (χ0v) is 11.7. The molecule has 0 aliphatic heterocycles. The summed E-state index contributed by atoms with van der Waals surface area (Å²) in [6.07, 6.45) is 9.04. The third kappa shape index (κ3) is 3.71. The molecule has 1 heteroatoms. The van der Waals surface area contributed by atoms with E-state index in [0.717, 1.165) is 0 Å². The fourth-order valence-corrected chi connectivity index (χ4v) is 2.70. The lowest BCUT2D eigenvalue weighted by Gasteiger charge is -2.24. The van der Waals surface area contributed by atoms with E-state index in [9.17, 15) is 0 Å². The van der Waals surface area contributed by atoms with Gasteiger partial charge in [0.25, 0.3) is 0 Å². The molecule has 0 radical (unpaired) electrons. The van der Waals surface area contributed by atoms with Gasteiger partial charge in [0.1, 0.15) is 0 Å². The molecule has 2 rings (SSSR count). The van der Waals surface area contributed by atoms with Crippen LogP contribution in [0.4, 0.5) is 0 Å². The molecule has 0 saturated carbocycles. The molecule has 98 valence electrons. The molecule has 1 unspecified atom stereocenters. The molecule has 1 aliphatic carbocycles. The fraction of sp³-hybridized carbons (Fsp3) is 0.529. The molecule has 0 amide bonds. The maximum Gasteiger partial charge on any atom is 0.0537 e. The topological polar surface area (TPSA) is 12.0 Å². The summed E-state index contributed by atoms with van der Waals surface area (Å²) in [5.74, 6) is 0. The molecule has 18 heavy (non-hydrogen) atoms. The summed E-state index contributed by atoms with van der Waals surface area (Å²) in [6.45, 7) is 4.46. The Morgan fingerprint density at radius 1 is 1.00 bits per heavy atom. The molecule has 0 bridgehead atoms. The van der Waals surface area contributed by atoms with Gasteiger partial charge in [-0.2, -0.15) is 0 Å². The second kappa shape index (κ2) is 6.75. The molecule has 0 aromatic heterocycles. The molecule has 1 aliphatic rings. The lowest BCUT2D eigenvalue weighted by molar-refractivity contribution is 0.508. The van der Waals surface area contributed by atoms with Gasteiger partial charge in [0.2, 0.25) is 0 Å². The average molecular weight is 243 g/mol. The highest BCUT2D eigenvalue weighted by Gasteiger charge is 2.17. The smallest absolute Gasteiger partial charge is 0.0537 e. The van der Waals surface area contributed by atoms with Gasteiger partial charge in [0.05, 0.1) is 6.04 Å². The first-order valence-corrected chi connectivity index (χ1v) is 7.27. The largest absolute Gasteiger partial charge is 0.304 e. The minimum atomic E-state index is 0.407. The van der Waals surface area contributed by atoms with Crippen LogP contribution in [0.25, 0.3) is 0 Å². The first kappa shape index (κ1) is 13.4. The zero-order chi connectivity index (χ0) is 12.8. The normalized spacial score (nSPS) is 18.3. The molecule has 1 atom stereocenters. The Morgan fingerprint density at radius 3 is 2.50 bits per heavy atom. The van der Waals surface area contributed by atoms with Crippen molar-refractivity contribution in [3.8, 4) is 0 Å². The van der Waals surface area contributed by atoms with Crippen LogP contribution in [0.1, 0.15) is 57.6 Å². The molecule has 0 spiro atoms. The Morgan fingerprint density at radius 2 is 1.78 bits per heavy atom. The maximum absolute atomic E-state index is 3.73. The Bertz CT molecular complexity index is 378. The fourth-order valence-electron chi connectivity index (χ4n) is 2.70. The van der Waals surface area contributed by atoms with E-state index in [0.29, 0.717) is 12.1 Å². The standard InChI is InChI=1S/C17H25N/c1-14(2)18-17(16-12-8-5-9-13-16)15-10-6-3-4-7-11-15/h5,8-10,12-14,17-18H,3-4,6-7,11H2,1-2H3.